The Morgan fingerprint density at radius 2 is 1.72 bits per heavy atom. The number of amides is 1. The van der Waals surface area contributed by atoms with E-state index in [2.05, 4.69) is 36.1 Å². The standard InChI is InChI=1S/C35H28BrClF4N6O6S/c1-53-23-5-2-18(3-6-23)10-11-54(51,52)45-32-30-25(37)8-9-28(31(30)46(44-32)17-29(40)41)47-33(42-26-15-20(36)4-7-24(26)34(47)48)27(43-35(49)50)14-19-12-21(38)16-22(39)13-19/h2-9,12-13,15-16,27,29,43H,10-11,14,17H2,1H3,(H,44,45)(H,49,50)/t27-/m0/s1. The molecule has 0 saturated heterocycles. The third-order valence-electron chi connectivity index (χ3n) is 8.27. The zero-order valence-electron chi connectivity index (χ0n) is 27.9. The maximum absolute atomic E-state index is 14.5. The Balaban J connectivity index is 1.55. The Kier molecular flexibility index (Phi) is 11.2. The minimum atomic E-state index is -4.19. The van der Waals surface area contributed by atoms with Gasteiger partial charge in [0.1, 0.15) is 29.8 Å². The van der Waals surface area contributed by atoms with Gasteiger partial charge in [-0.25, -0.2) is 35.8 Å². The van der Waals surface area contributed by atoms with Crippen molar-refractivity contribution in [3.63, 3.8) is 0 Å². The average molecular weight is 852 g/mol. The molecule has 1 amide bonds. The quantitative estimate of drug-likeness (QED) is 0.103. The maximum atomic E-state index is 14.5. The second kappa shape index (κ2) is 15.6. The highest BCUT2D eigenvalue weighted by atomic mass is 79.9. The van der Waals surface area contributed by atoms with Crippen LogP contribution in [0.1, 0.15) is 23.0 Å². The number of aryl methyl sites for hydroxylation is 1. The first-order chi connectivity index (χ1) is 25.6. The molecule has 6 aromatic rings. The van der Waals surface area contributed by atoms with Crippen LogP contribution < -0.4 is 20.3 Å². The summed E-state index contributed by atoms with van der Waals surface area (Å²) in [6, 6.07) is 14.9. The summed E-state index contributed by atoms with van der Waals surface area (Å²) in [4.78, 5) is 31.2. The van der Waals surface area contributed by atoms with Crippen LogP contribution in [0, 0.1) is 11.6 Å². The minimum absolute atomic E-state index is 0.00304. The van der Waals surface area contributed by atoms with Gasteiger partial charge in [0.05, 0.1) is 51.4 Å². The van der Waals surface area contributed by atoms with Crippen molar-refractivity contribution in [3.8, 4) is 11.4 Å². The fraction of sp³-hybridized carbons (Fsp3) is 0.200. The number of alkyl halides is 2. The van der Waals surface area contributed by atoms with Gasteiger partial charge >= 0.3 is 6.09 Å². The van der Waals surface area contributed by atoms with Gasteiger partial charge in [-0.05, 0) is 72.1 Å². The fourth-order valence-corrected chi connectivity index (χ4v) is 7.62. The van der Waals surface area contributed by atoms with Gasteiger partial charge in [0.2, 0.25) is 10.0 Å². The van der Waals surface area contributed by atoms with Crippen LogP contribution in [-0.2, 0) is 29.4 Å². The van der Waals surface area contributed by atoms with E-state index in [1.807, 2.05) is 0 Å². The van der Waals surface area contributed by atoms with Crippen molar-refractivity contribution in [1.82, 2.24) is 24.6 Å². The van der Waals surface area contributed by atoms with Gasteiger partial charge in [0.25, 0.3) is 12.0 Å². The van der Waals surface area contributed by atoms with Crippen molar-refractivity contribution in [1.29, 1.82) is 0 Å². The van der Waals surface area contributed by atoms with Crippen LogP contribution in [0.5, 0.6) is 5.75 Å². The van der Waals surface area contributed by atoms with Crippen molar-refractivity contribution in [2.24, 2.45) is 0 Å². The van der Waals surface area contributed by atoms with Gasteiger partial charge in [-0.1, -0.05) is 39.7 Å². The first-order valence-electron chi connectivity index (χ1n) is 15.9. The molecule has 2 aromatic heterocycles. The second-order valence-electron chi connectivity index (χ2n) is 12.0. The lowest BCUT2D eigenvalue weighted by Crippen LogP contribution is -2.35. The Morgan fingerprint density at radius 3 is 2.37 bits per heavy atom. The van der Waals surface area contributed by atoms with E-state index in [1.54, 1.807) is 30.3 Å². The molecule has 0 aliphatic rings. The van der Waals surface area contributed by atoms with Gasteiger partial charge in [-0.2, -0.15) is 5.10 Å². The minimum Gasteiger partial charge on any atom is -0.497 e. The summed E-state index contributed by atoms with van der Waals surface area (Å²) in [5.74, 6) is -2.45. The highest BCUT2D eigenvalue weighted by Gasteiger charge is 2.29. The number of benzene rings is 4. The van der Waals surface area contributed by atoms with Crippen LogP contribution in [0.4, 0.5) is 28.2 Å². The summed E-state index contributed by atoms with van der Waals surface area (Å²) >= 11 is 9.93. The monoisotopic (exact) mass is 850 g/mol. The van der Waals surface area contributed by atoms with Crippen molar-refractivity contribution in [2.45, 2.75) is 31.9 Å². The lowest BCUT2D eigenvalue weighted by molar-refractivity contribution is 0.123. The van der Waals surface area contributed by atoms with Gasteiger partial charge in [0.15, 0.2) is 5.82 Å². The summed E-state index contributed by atoms with van der Waals surface area (Å²) < 4.78 is 93.2. The first-order valence-corrected chi connectivity index (χ1v) is 18.7. The Morgan fingerprint density at radius 1 is 1.02 bits per heavy atom. The van der Waals surface area contributed by atoms with Crippen molar-refractivity contribution in [2.75, 3.05) is 17.6 Å². The van der Waals surface area contributed by atoms with Crippen LogP contribution >= 0.6 is 27.5 Å². The molecule has 0 spiro atoms. The predicted molar refractivity (Wildman–Crippen MR) is 197 cm³/mol. The number of anilines is 1. The van der Waals surface area contributed by atoms with E-state index in [1.165, 1.54) is 31.4 Å². The lowest BCUT2D eigenvalue weighted by Gasteiger charge is -2.23. The zero-order valence-corrected chi connectivity index (χ0v) is 31.0. The molecule has 19 heteroatoms. The van der Waals surface area contributed by atoms with Crippen molar-refractivity contribution in [3.05, 3.63) is 121 Å². The largest absolute Gasteiger partial charge is 0.497 e. The number of hydrogen-bond donors (Lipinski definition) is 3. The third kappa shape index (κ3) is 8.45. The molecule has 3 N–H and O–H groups in total. The molecule has 0 bridgehead atoms. The molecular formula is C35H28BrClF4N6O6S. The van der Waals surface area contributed by atoms with E-state index in [0.717, 1.165) is 21.4 Å². The summed E-state index contributed by atoms with van der Waals surface area (Å²) in [5.41, 5.74) is -0.422. The number of sulfonamides is 1. The SMILES string of the molecule is COc1ccc(CCS(=O)(=O)Nc2nn(CC(F)F)c3c(-n4c([C@H](Cc5cc(F)cc(F)c5)NC(=O)O)nc5cc(Br)ccc5c4=O)ccc(Cl)c23)cc1. The fourth-order valence-electron chi connectivity index (χ4n) is 5.98. The molecule has 12 nitrogen and oxygen atoms in total. The van der Waals surface area contributed by atoms with Crippen LogP contribution in [0.15, 0.2) is 82.1 Å². The number of carboxylic acid groups (broad SMARTS) is 1. The first kappa shape index (κ1) is 38.5. The normalized spacial score (nSPS) is 12.4. The van der Waals surface area contributed by atoms with Gasteiger partial charge in [0, 0.05) is 17.0 Å². The van der Waals surface area contributed by atoms with Gasteiger partial charge in [-0.3, -0.25) is 18.8 Å². The zero-order chi connectivity index (χ0) is 38.9. The Hall–Kier alpha value is -5.20. The van der Waals surface area contributed by atoms with Crippen LogP contribution in [0.25, 0.3) is 27.5 Å². The number of halogens is 6. The number of ether oxygens (including phenoxy) is 1. The number of hydrogen-bond acceptors (Lipinski definition) is 7. The van der Waals surface area contributed by atoms with Crippen molar-refractivity contribution < 1.29 is 40.6 Å². The van der Waals surface area contributed by atoms with Crippen LogP contribution in [0.3, 0.4) is 0 Å². The molecule has 6 rings (SSSR count). The van der Waals surface area contributed by atoms with E-state index < -0.39 is 70.3 Å². The van der Waals surface area contributed by atoms with Gasteiger partial charge < -0.3 is 15.2 Å². The summed E-state index contributed by atoms with van der Waals surface area (Å²) in [5, 5.41) is 16.0. The molecule has 282 valence electrons. The molecule has 4 aromatic carbocycles. The molecule has 0 unspecified atom stereocenters. The topological polar surface area (TPSA) is 157 Å². The number of rotatable bonds is 13. The number of nitrogens with one attached hydrogen (secondary N) is 2. The summed E-state index contributed by atoms with van der Waals surface area (Å²) in [6.45, 7) is -1.07. The number of fused-ring (bicyclic) bond motifs is 2. The molecule has 2 heterocycles. The molecule has 0 aliphatic carbocycles. The maximum Gasteiger partial charge on any atom is 0.405 e. The molecular weight excluding hydrogens is 824 g/mol. The van der Waals surface area contributed by atoms with Crippen LogP contribution in [-0.4, -0.2) is 58.2 Å². The second-order valence-corrected chi connectivity index (χ2v) is 15.2. The highest BCUT2D eigenvalue weighted by molar-refractivity contribution is 9.10. The van der Waals surface area contributed by atoms with E-state index >= 15 is 0 Å². The van der Waals surface area contributed by atoms with Crippen LogP contribution in [0.2, 0.25) is 5.02 Å². The van der Waals surface area contributed by atoms with E-state index in [-0.39, 0.29) is 50.3 Å². The number of nitrogens with zero attached hydrogens (tertiary/aromatic N) is 4. The van der Waals surface area contributed by atoms with E-state index in [4.69, 9.17) is 16.3 Å². The lowest BCUT2D eigenvalue weighted by atomic mass is 10.0. The Bertz CT molecular complexity index is 2550. The smallest absolute Gasteiger partial charge is 0.405 e. The summed E-state index contributed by atoms with van der Waals surface area (Å²) in [7, 11) is -2.70. The molecule has 54 heavy (non-hydrogen) atoms. The van der Waals surface area contributed by atoms with Gasteiger partial charge in [-0.15, -0.1) is 0 Å². The molecule has 0 aliphatic heterocycles. The predicted octanol–water partition coefficient (Wildman–Crippen LogP) is 7.24. The van der Waals surface area contributed by atoms with E-state index in [0.29, 0.717) is 21.9 Å². The number of aromatic nitrogens is 4. The molecule has 1 atom stereocenters. The molecule has 0 radical (unpaired) electrons. The highest BCUT2D eigenvalue weighted by Crippen LogP contribution is 2.36. The Labute approximate surface area is 317 Å². The average Bonchev–Trinajstić information content (AvgIpc) is 3.43. The number of methoxy groups -OCH3 is 1. The molecule has 0 fully saturated rings. The third-order valence-corrected chi connectivity index (χ3v) is 10.3. The number of carbonyl (C=O) groups is 1. The van der Waals surface area contributed by atoms with E-state index in [9.17, 15) is 40.7 Å². The molecule has 0 saturated carbocycles. The summed E-state index contributed by atoms with van der Waals surface area (Å²) in [6.07, 6.45) is -4.95. The van der Waals surface area contributed by atoms with Crippen molar-refractivity contribution >= 4 is 71.3 Å².